The molecule has 0 aliphatic carbocycles. The Hall–Kier alpha value is -1.10. The van der Waals surface area contributed by atoms with E-state index in [9.17, 15) is 17.6 Å². The summed E-state index contributed by atoms with van der Waals surface area (Å²) in [6.45, 7) is -0.507. The van der Waals surface area contributed by atoms with Gasteiger partial charge in [-0.15, -0.1) is 0 Å². The third kappa shape index (κ3) is 5.04. The first-order chi connectivity index (χ1) is 8.55. The van der Waals surface area contributed by atoms with E-state index in [0.29, 0.717) is 0 Å². The Kier molecular flexibility index (Phi) is 6.12. The van der Waals surface area contributed by atoms with Gasteiger partial charge in [0.1, 0.15) is 6.67 Å². The second kappa shape index (κ2) is 7.36. The number of ether oxygens (including phenoxy) is 1. The van der Waals surface area contributed by atoms with Gasteiger partial charge in [-0.25, -0.2) is 4.39 Å². The zero-order valence-corrected chi connectivity index (χ0v) is 9.92. The maximum atomic E-state index is 12.9. The minimum atomic E-state index is -4.26. The summed E-state index contributed by atoms with van der Waals surface area (Å²) < 4.78 is 55.2. The molecular formula is C13H16F4O. The lowest BCUT2D eigenvalue weighted by molar-refractivity contribution is -0.152. The van der Waals surface area contributed by atoms with Crippen LogP contribution >= 0.6 is 0 Å². The zero-order chi connectivity index (χ0) is 13.4. The average molecular weight is 264 g/mol. The summed E-state index contributed by atoms with van der Waals surface area (Å²) in [4.78, 5) is 0. The van der Waals surface area contributed by atoms with Gasteiger partial charge in [0.05, 0.1) is 12.5 Å². The lowest BCUT2D eigenvalue weighted by atomic mass is 9.94. The van der Waals surface area contributed by atoms with Gasteiger partial charge in [-0.3, -0.25) is 0 Å². The van der Waals surface area contributed by atoms with Crippen molar-refractivity contribution in [1.29, 1.82) is 0 Å². The van der Waals surface area contributed by atoms with Crippen LogP contribution in [0.1, 0.15) is 24.3 Å². The molecule has 0 fully saturated rings. The van der Waals surface area contributed by atoms with E-state index >= 15 is 0 Å². The van der Waals surface area contributed by atoms with Crippen molar-refractivity contribution in [2.24, 2.45) is 0 Å². The van der Waals surface area contributed by atoms with E-state index in [0.717, 1.165) is 0 Å². The minimum Gasteiger partial charge on any atom is -0.379 e. The molecule has 0 spiro atoms. The van der Waals surface area contributed by atoms with Crippen molar-refractivity contribution in [3.63, 3.8) is 0 Å². The highest BCUT2D eigenvalue weighted by molar-refractivity contribution is 5.20. The summed E-state index contributed by atoms with van der Waals surface area (Å²) in [6, 6.07) is 7.81. The molecular weight excluding hydrogens is 248 g/mol. The van der Waals surface area contributed by atoms with Crippen LogP contribution in [-0.4, -0.2) is 26.1 Å². The number of alkyl halides is 4. The van der Waals surface area contributed by atoms with Gasteiger partial charge in [-0.1, -0.05) is 30.3 Å². The van der Waals surface area contributed by atoms with Crippen LogP contribution in [0.15, 0.2) is 30.3 Å². The highest BCUT2D eigenvalue weighted by Crippen LogP contribution is 2.37. The molecule has 1 aromatic carbocycles. The summed E-state index contributed by atoms with van der Waals surface area (Å²) in [5, 5.41) is 0. The SMILES string of the molecule is FCCOCCCC(c1ccccc1)C(F)(F)F. The standard InChI is InChI=1S/C13H16F4O/c14-8-10-18-9-4-7-12(13(15,16)17)11-5-2-1-3-6-11/h1-3,5-6,12H,4,7-10H2. The Morgan fingerprint density at radius 2 is 1.72 bits per heavy atom. The fraction of sp³-hybridized carbons (Fsp3) is 0.538. The molecule has 0 saturated heterocycles. The molecule has 1 atom stereocenters. The van der Waals surface area contributed by atoms with E-state index < -0.39 is 18.8 Å². The lowest BCUT2D eigenvalue weighted by Gasteiger charge is -2.20. The molecule has 1 unspecified atom stereocenters. The first kappa shape index (κ1) is 15.0. The number of benzene rings is 1. The summed E-state index contributed by atoms with van der Waals surface area (Å²) >= 11 is 0. The highest BCUT2D eigenvalue weighted by Gasteiger charge is 2.39. The van der Waals surface area contributed by atoms with Crippen molar-refractivity contribution in [3.05, 3.63) is 35.9 Å². The third-order valence-corrected chi connectivity index (χ3v) is 2.60. The first-order valence-electron chi connectivity index (χ1n) is 5.81. The van der Waals surface area contributed by atoms with Crippen LogP contribution in [0, 0.1) is 0 Å². The average Bonchev–Trinajstić information content (AvgIpc) is 2.33. The lowest BCUT2D eigenvalue weighted by Crippen LogP contribution is -2.21. The van der Waals surface area contributed by atoms with Crippen LogP contribution in [0.3, 0.4) is 0 Å². The Labute approximate surface area is 104 Å². The fourth-order valence-corrected chi connectivity index (χ4v) is 1.75. The minimum absolute atomic E-state index is 0.0419. The molecule has 1 nitrogen and oxygen atoms in total. The Morgan fingerprint density at radius 1 is 1.06 bits per heavy atom. The normalized spacial score (nSPS) is 13.6. The largest absolute Gasteiger partial charge is 0.395 e. The van der Waals surface area contributed by atoms with Crippen molar-refractivity contribution in [2.75, 3.05) is 19.9 Å². The number of hydrogen-bond donors (Lipinski definition) is 0. The number of hydrogen-bond acceptors (Lipinski definition) is 1. The van der Waals surface area contributed by atoms with Gasteiger partial charge in [-0.2, -0.15) is 13.2 Å². The first-order valence-corrected chi connectivity index (χ1v) is 5.81. The molecule has 0 aliphatic rings. The van der Waals surface area contributed by atoms with Gasteiger partial charge in [0, 0.05) is 6.61 Å². The quantitative estimate of drug-likeness (QED) is 0.532. The Bertz CT molecular complexity index is 324. The van der Waals surface area contributed by atoms with Crippen LogP contribution in [0.4, 0.5) is 17.6 Å². The van der Waals surface area contributed by atoms with Crippen molar-refractivity contribution < 1.29 is 22.3 Å². The molecule has 0 aliphatic heterocycles. The smallest absolute Gasteiger partial charge is 0.379 e. The van der Waals surface area contributed by atoms with Crippen LogP contribution in [-0.2, 0) is 4.74 Å². The summed E-state index contributed by atoms with van der Waals surface area (Å²) in [5.41, 5.74) is 0.260. The molecule has 102 valence electrons. The summed E-state index contributed by atoms with van der Waals surface area (Å²) in [6.07, 6.45) is -4.04. The molecule has 0 aromatic heterocycles. The molecule has 0 bridgehead atoms. The van der Waals surface area contributed by atoms with Gasteiger partial charge < -0.3 is 4.74 Å². The van der Waals surface area contributed by atoms with E-state index in [2.05, 4.69) is 0 Å². The number of halogens is 4. The topological polar surface area (TPSA) is 9.23 Å². The molecule has 0 amide bonds. The monoisotopic (exact) mass is 264 g/mol. The predicted octanol–water partition coefficient (Wildman–Crippen LogP) is 4.10. The molecule has 1 aromatic rings. The van der Waals surface area contributed by atoms with Gasteiger partial charge in [-0.05, 0) is 18.4 Å². The van der Waals surface area contributed by atoms with Crippen LogP contribution in [0.5, 0.6) is 0 Å². The molecule has 0 radical (unpaired) electrons. The van der Waals surface area contributed by atoms with Crippen LogP contribution < -0.4 is 0 Å². The van der Waals surface area contributed by atoms with E-state index in [1.165, 1.54) is 12.1 Å². The molecule has 0 N–H and O–H groups in total. The molecule has 1 rings (SSSR count). The summed E-state index contributed by atoms with van der Waals surface area (Å²) in [5.74, 6) is -1.48. The van der Waals surface area contributed by atoms with E-state index in [-0.39, 0.29) is 31.6 Å². The third-order valence-electron chi connectivity index (χ3n) is 2.60. The predicted molar refractivity (Wildman–Crippen MR) is 61.3 cm³/mol. The molecule has 5 heteroatoms. The van der Waals surface area contributed by atoms with Crippen molar-refractivity contribution in [2.45, 2.75) is 24.9 Å². The Morgan fingerprint density at radius 3 is 2.28 bits per heavy atom. The maximum absolute atomic E-state index is 12.9. The Balaban J connectivity index is 2.53. The molecule has 0 heterocycles. The van der Waals surface area contributed by atoms with E-state index in [1.807, 2.05) is 0 Å². The van der Waals surface area contributed by atoms with Gasteiger partial charge in [0.15, 0.2) is 0 Å². The second-order valence-electron chi connectivity index (χ2n) is 3.95. The molecule has 18 heavy (non-hydrogen) atoms. The van der Waals surface area contributed by atoms with E-state index in [4.69, 9.17) is 4.74 Å². The highest BCUT2D eigenvalue weighted by atomic mass is 19.4. The summed E-state index contributed by atoms with van der Waals surface area (Å²) in [7, 11) is 0. The van der Waals surface area contributed by atoms with Gasteiger partial charge in [0.25, 0.3) is 0 Å². The van der Waals surface area contributed by atoms with Crippen molar-refractivity contribution >= 4 is 0 Å². The van der Waals surface area contributed by atoms with Crippen LogP contribution in [0.2, 0.25) is 0 Å². The molecule has 0 saturated carbocycles. The maximum Gasteiger partial charge on any atom is 0.395 e. The van der Waals surface area contributed by atoms with Crippen molar-refractivity contribution in [1.82, 2.24) is 0 Å². The fourth-order valence-electron chi connectivity index (χ4n) is 1.75. The van der Waals surface area contributed by atoms with E-state index in [1.54, 1.807) is 18.2 Å². The van der Waals surface area contributed by atoms with Crippen molar-refractivity contribution in [3.8, 4) is 0 Å². The van der Waals surface area contributed by atoms with Gasteiger partial charge >= 0.3 is 6.18 Å². The zero-order valence-electron chi connectivity index (χ0n) is 9.92. The second-order valence-corrected chi connectivity index (χ2v) is 3.95. The number of rotatable bonds is 7. The van der Waals surface area contributed by atoms with Gasteiger partial charge in [0.2, 0.25) is 0 Å². The van der Waals surface area contributed by atoms with Crippen LogP contribution in [0.25, 0.3) is 0 Å².